The van der Waals surface area contributed by atoms with Gasteiger partial charge < -0.3 is 14.2 Å². The lowest BCUT2D eigenvalue weighted by atomic mass is 9.92. The van der Waals surface area contributed by atoms with Crippen molar-refractivity contribution in [2.75, 3.05) is 27.4 Å². The number of alkyl halides is 1. The molecule has 0 radical (unpaired) electrons. The van der Waals surface area contributed by atoms with E-state index in [1.165, 1.54) is 0 Å². The van der Waals surface area contributed by atoms with Gasteiger partial charge in [0.25, 0.3) is 0 Å². The van der Waals surface area contributed by atoms with E-state index in [2.05, 4.69) is 37.9 Å². The van der Waals surface area contributed by atoms with Crippen LogP contribution in [-0.4, -0.2) is 27.4 Å². The van der Waals surface area contributed by atoms with Gasteiger partial charge in [-0.05, 0) is 40.8 Å². The van der Waals surface area contributed by atoms with Gasteiger partial charge in [0.1, 0.15) is 16.0 Å². The molecule has 1 aromatic rings. The van der Waals surface area contributed by atoms with Crippen LogP contribution >= 0.6 is 31.9 Å². The van der Waals surface area contributed by atoms with E-state index < -0.39 is 0 Å². The van der Waals surface area contributed by atoms with E-state index in [9.17, 15) is 0 Å². The standard InChI is InChI=1S/C14H18Br2O3/c1-17-11-4-3-10(14(18-2)13(11)16)12(15)9-5-7-19-8-6-9/h3-4,9,12H,5-8H2,1-2H3. The first-order valence-corrected chi connectivity index (χ1v) is 8.02. The highest BCUT2D eigenvalue weighted by Crippen LogP contribution is 2.46. The van der Waals surface area contributed by atoms with Crippen molar-refractivity contribution in [3.05, 3.63) is 22.2 Å². The van der Waals surface area contributed by atoms with E-state index in [1.54, 1.807) is 14.2 Å². The summed E-state index contributed by atoms with van der Waals surface area (Å²) in [4.78, 5) is 0.272. The van der Waals surface area contributed by atoms with Crippen LogP contribution in [0.1, 0.15) is 23.2 Å². The summed E-state index contributed by atoms with van der Waals surface area (Å²) in [6, 6.07) is 4.03. The van der Waals surface area contributed by atoms with Crippen molar-refractivity contribution in [1.82, 2.24) is 0 Å². The van der Waals surface area contributed by atoms with Crippen LogP contribution < -0.4 is 9.47 Å². The maximum Gasteiger partial charge on any atom is 0.141 e. The quantitative estimate of drug-likeness (QED) is 0.712. The summed E-state index contributed by atoms with van der Waals surface area (Å²) < 4.78 is 17.1. The molecule has 1 heterocycles. The second-order valence-electron chi connectivity index (χ2n) is 4.56. The molecule has 0 aliphatic carbocycles. The van der Waals surface area contributed by atoms with Gasteiger partial charge in [0, 0.05) is 23.6 Å². The third-order valence-corrected chi connectivity index (χ3v) is 5.48. The summed E-state index contributed by atoms with van der Waals surface area (Å²) in [7, 11) is 3.34. The van der Waals surface area contributed by atoms with Crippen LogP contribution in [0.3, 0.4) is 0 Å². The SMILES string of the molecule is COc1ccc(C(Br)C2CCOCC2)c(OC)c1Br. The van der Waals surface area contributed by atoms with Crippen molar-refractivity contribution in [2.45, 2.75) is 17.7 Å². The second kappa shape index (κ2) is 6.95. The Labute approximate surface area is 130 Å². The van der Waals surface area contributed by atoms with Gasteiger partial charge in [0.2, 0.25) is 0 Å². The van der Waals surface area contributed by atoms with Gasteiger partial charge in [0.15, 0.2) is 0 Å². The van der Waals surface area contributed by atoms with Gasteiger partial charge in [-0.2, -0.15) is 0 Å². The predicted molar refractivity (Wildman–Crippen MR) is 82.5 cm³/mol. The van der Waals surface area contributed by atoms with Crippen molar-refractivity contribution in [2.24, 2.45) is 5.92 Å². The van der Waals surface area contributed by atoms with Crippen LogP contribution in [0.2, 0.25) is 0 Å². The molecule has 0 amide bonds. The lowest BCUT2D eigenvalue weighted by Crippen LogP contribution is -2.19. The first-order valence-electron chi connectivity index (χ1n) is 6.31. The molecule has 0 aromatic heterocycles. The van der Waals surface area contributed by atoms with E-state index in [-0.39, 0.29) is 4.83 Å². The molecule has 2 rings (SSSR count). The number of halogens is 2. The molecule has 0 saturated carbocycles. The molecule has 5 heteroatoms. The summed E-state index contributed by atoms with van der Waals surface area (Å²) >= 11 is 7.37. The molecule has 1 aromatic carbocycles. The lowest BCUT2D eigenvalue weighted by Gasteiger charge is -2.28. The van der Waals surface area contributed by atoms with E-state index in [0.717, 1.165) is 47.6 Å². The zero-order chi connectivity index (χ0) is 13.8. The van der Waals surface area contributed by atoms with Crippen LogP contribution in [0.25, 0.3) is 0 Å². The molecule has 0 bridgehead atoms. The minimum atomic E-state index is 0.272. The second-order valence-corrected chi connectivity index (χ2v) is 6.34. The summed E-state index contributed by atoms with van der Waals surface area (Å²) in [6.07, 6.45) is 2.14. The van der Waals surface area contributed by atoms with Crippen molar-refractivity contribution in [3.8, 4) is 11.5 Å². The Bertz CT molecular complexity index is 431. The average molecular weight is 394 g/mol. The molecule has 0 spiro atoms. The Hall–Kier alpha value is -0.260. The minimum Gasteiger partial charge on any atom is -0.495 e. The molecule has 3 nitrogen and oxygen atoms in total. The molecule has 1 saturated heterocycles. The lowest BCUT2D eigenvalue weighted by molar-refractivity contribution is 0.0660. The van der Waals surface area contributed by atoms with Gasteiger partial charge in [-0.3, -0.25) is 0 Å². The Morgan fingerprint density at radius 2 is 1.89 bits per heavy atom. The summed E-state index contributed by atoms with van der Waals surface area (Å²) in [5.41, 5.74) is 1.15. The van der Waals surface area contributed by atoms with Gasteiger partial charge >= 0.3 is 0 Å². The number of ether oxygens (including phenoxy) is 3. The van der Waals surface area contributed by atoms with Crippen LogP contribution in [0.4, 0.5) is 0 Å². The molecule has 0 N–H and O–H groups in total. The van der Waals surface area contributed by atoms with Gasteiger partial charge in [-0.1, -0.05) is 22.0 Å². The monoisotopic (exact) mass is 392 g/mol. The normalized spacial score (nSPS) is 18.1. The van der Waals surface area contributed by atoms with E-state index in [4.69, 9.17) is 14.2 Å². The highest BCUT2D eigenvalue weighted by Gasteiger charge is 2.27. The third-order valence-electron chi connectivity index (χ3n) is 3.49. The van der Waals surface area contributed by atoms with Gasteiger partial charge in [-0.25, -0.2) is 0 Å². The molecule has 1 fully saturated rings. The molecule has 1 atom stereocenters. The minimum absolute atomic E-state index is 0.272. The molecular formula is C14H18Br2O3. The van der Waals surface area contributed by atoms with E-state index in [0.29, 0.717) is 5.92 Å². The number of benzene rings is 1. The van der Waals surface area contributed by atoms with Crippen LogP contribution in [0.5, 0.6) is 11.5 Å². The highest BCUT2D eigenvalue weighted by molar-refractivity contribution is 9.10. The number of methoxy groups -OCH3 is 2. The Morgan fingerprint density at radius 3 is 2.47 bits per heavy atom. The fourth-order valence-electron chi connectivity index (χ4n) is 2.40. The van der Waals surface area contributed by atoms with Crippen molar-refractivity contribution in [3.63, 3.8) is 0 Å². The van der Waals surface area contributed by atoms with Gasteiger partial charge in [0.05, 0.1) is 14.2 Å². The largest absolute Gasteiger partial charge is 0.495 e. The van der Waals surface area contributed by atoms with Crippen molar-refractivity contribution in [1.29, 1.82) is 0 Å². The molecule has 1 aliphatic heterocycles. The topological polar surface area (TPSA) is 27.7 Å². The molecule has 19 heavy (non-hydrogen) atoms. The van der Waals surface area contributed by atoms with E-state index in [1.807, 2.05) is 6.07 Å². The Balaban J connectivity index is 2.30. The maximum atomic E-state index is 5.54. The summed E-state index contributed by atoms with van der Waals surface area (Å²) in [5, 5.41) is 0. The zero-order valence-electron chi connectivity index (χ0n) is 11.1. The highest BCUT2D eigenvalue weighted by atomic mass is 79.9. The third kappa shape index (κ3) is 3.26. The summed E-state index contributed by atoms with van der Waals surface area (Å²) in [5.74, 6) is 2.20. The molecule has 1 unspecified atom stereocenters. The Morgan fingerprint density at radius 1 is 1.21 bits per heavy atom. The van der Waals surface area contributed by atoms with Crippen LogP contribution in [0, 0.1) is 5.92 Å². The first-order chi connectivity index (χ1) is 9.19. The van der Waals surface area contributed by atoms with Crippen molar-refractivity contribution < 1.29 is 14.2 Å². The van der Waals surface area contributed by atoms with Crippen LogP contribution in [-0.2, 0) is 4.74 Å². The maximum absolute atomic E-state index is 5.54. The van der Waals surface area contributed by atoms with Crippen molar-refractivity contribution >= 4 is 31.9 Å². The fraction of sp³-hybridized carbons (Fsp3) is 0.571. The average Bonchev–Trinajstić information content (AvgIpc) is 2.47. The number of hydrogen-bond acceptors (Lipinski definition) is 3. The fourth-order valence-corrected chi connectivity index (χ4v) is 3.97. The number of rotatable bonds is 4. The Kier molecular flexibility index (Phi) is 5.54. The summed E-state index contributed by atoms with van der Waals surface area (Å²) in [6.45, 7) is 1.68. The van der Waals surface area contributed by atoms with Gasteiger partial charge in [-0.15, -0.1) is 0 Å². The molecule has 1 aliphatic rings. The number of hydrogen-bond donors (Lipinski definition) is 0. The first kappa shape index (κ1) is 15.1. The smallest absolute Gasteiger partial charge is 0.141 e. The van der Waals surface area contributed by atoms with E-state index >= 15 is 0 Å². The predicted octanol–water partition coefficient (Wildman–Crippen LogP) is 4.33. The molecule has 106 valence electrons. The molecular weight excluding hydrogens is 376 g/mol. The van der Waals surface area contributed by atoms with Crippen LogP contribution in [0.15, 0.2) is 16.6 Å². The zero-order valence-corrected chi connectivity index (χ0v) is 14.3.